The Kier molecular flexibility index (Phi) is 15.4. The van der Waals surface area contributed by atoms with Gasteiger partial charge in [-0.15, -0.1) is 0 Å². The summed E-state index contributed by atoms with van der Waals surface area (Å²) in [4.78, 5) is 30.0. The van der Waals surface area contributed by atoms with E-state index in [1.54, 1.807) is 31.0 Å². The van der Waals surface area contributed by atoms with E-state index in [0.29, 0.717) is 32.2 Å². The Labute approximate surface area is 282 Å². The SMILES string of the molecule is CCC(O)C(C)C1OC1CC(C)(O)/C=C/C=C(\C)C1OC(=O)CC(O)CCC(C)C(OC(=O)N(C)CCN2CCCCC2)/C=C/C1C. The molecule has 3 N–H and O–H groups in total. The minimum absolute atomic E-state index is 0.00668. The van der Waals surface area contributed by atoms with Gasteiger partial charge < -0.3 is 39.3 Å². The Bertz CT molecular complexity index is 1080. The van der Waals surface area contributed by atoms with E-state index in [0.717, 1.165) is 25.2 Å². The summed E-state index contributed by atoms with van der Waals surface area (Å²) in [5.41, 5.74) is -0.353. The number of aliphatic hydroxyl groups is 3. The van der Waals surface area contributed by atoms with Gasteiger partial charge in [0.15, 0.2) is 0 Å². The molecule has 3 aliphatic rings. The molecule has 3 rings (SSSR count). The smallest absolute Gasteiger partial charge is 0.410 e. The lowest BCUT2D eigenvalue weighted by molar-refractivity contribution is -0.151. The molecule has 0 aromatic carbocycles. The Morgan fingerprint density at radius 3 is 2.60 bits per heavy atom. The highest BCUT2D eigenvalue weighted by Gasteiger charge is 2.47. The van der Waals surface area contributed by atoms with Gasteiger partial charge in [-0.1, -0.05) is 58.4 Å². The summed E-state index contributed by atoms with van der Waals surface area (Å²) < 4.78 is 17.7. The number of hydrogen-bond donors (Lipinski definition) is 3. The summed E-state index contributed by atoms with van der Waals surface area (Å²) in [7, 11) is 1.77. The molecule has 2 fully saturated rings. The molecule has 1 amide bonds. The number of hydrogen-bond acceptors (Lipinski definition) is 9. The van der Waals surface area contributed by atoms with Crippen LogP contribution in [0.15, 0.2) is 36.0 Å². The van der Waals surface area contributed by atoms with Crippen molar-refractivity contribution in [3.05, 3.63) is 36.0 Å². The van der Waals surface area contributed by atoms with E-state index >= 15 is 0 Å². The van der Waals surface area contributed by atoms with Crippen LogP contribution in [-0.4, -0.2) is 113 Å². The van der Waals surface area contributed by atoms with Crippen molar-refractivity contribution in [3.63, 3.8) is 0 Å². The highest BCUT2D eigenvalue weighted by atomic mass is 16.6. The largest absolute Gasteiger partial charge is 0.457 e. The number of carbonyl (C=O) groups excluding carboxylic acids is 2. The molecule has 47 heavy (non-hydrogen) atoms. The summed E-state index contributed by atoms with van der Waals surface area (Å²) in [6.45, 7) is 15.0. The van der Waals surface area contributed by atoms with E-state index in [-0.39, 0.29) is 42.5 Å². The van der Waals surface area contributed by atoms with Crippen molar-refractivity contribution in [2.75, 3.05) is 33.2 Å². The first-order chi connectivity index (χ1) is 22.2. The van der Waals surface area contributed by atoms with E-state index in [9.17, 15) is 24.9 Å². The highest BCUT2D eigenvalue weighted by molar-refractivity contribution is 5.70. The van der Waals surface area contributed by atoms with Crippen LogP contribution < -0.4 is 0 Å². The molecule has 10 atom stereocenters. The number of likely N-dealkylation sites (tertiary alicyclic amines) is 1. The number of allylic oxidation sites excluding steroid dienone is 2. The predicted octanol–water partition coefficient (Wildman–Crippen LogP) is 5.01. The number of rotatable bonds is 12. The number of epoxide rings is 1. The molecule has 0 saturated carbocycles. The zero-order valence-corrected chi connectivity index (χ0v) is 29.8. The molecule has 2 saturated heterocycles. The number of cyclic esters (lactones) is 1. The number of nitrogens with zero attached hydrogens (tertiary/aromatic N) is 2. The molecular weight excluding hydrogens is 600 g/mol. The number of amides is 1. The molecule has 0 aromatic rings. The molecule has 3 heterocycles. The van der Waals surface area contributed by atoms with Crippen molar-refractivity contribution in [2.45, 2.75) is 135 Å². The van der Waals surface area contributed by atoms with Gasteiger partial charge in [-0.25, -0.2) is 4.79 Å². The minimum atomic E-state index is -1.12. The zero-order valence-electron chi connectivity index (χ0n) is 29.8. The quantitative estimate of drug-likeness (QED) is 0.114. The lowest BCUT2D eigenvalue weighted by Gasteiger charge is -2.30. The van der Waals surface area contributed by atoms with Crippen molar-refractivity contribution in [3.8, 4) is 0 Å². The van der Waals surface area contributed by atoms with E-state index < -0.39 is 36.0 Å². The maximum absolute atomic E-state index is 13.1. The van der Waals surface area contributed by atoms with Crippen LogP contribution in [0.3, 0.4) is 0 Å². The normalized spacial score (nSPS) is 33.1. The summed E-state index contributed by atoms with van der Waals surface area (Å²) in [5, 5.41) is 31.8. The van der Waals surface area contributed by atoms with Crippen LogP contribution in [0, 0.1) is 17.8 Å². The van der Waals surface area contributed by atoms with E-state index in [1.165, 1.54) is 19.3 Å². The molecule has 268 valence electrons. The zero-order chi connectivity index (χ0) is 34.7. The second kappa shape index (κ2) is 18.5. The molecule has 0 bridgehead atoms. The average molecular weight is 663 g/mol. The molecule has 0 aromatic heterocycles. The van der Waals surface area contributed by atoms with Crippen LogP contribution in [0.1, 0.15) is 92.9 Å². The number of piperidine rings is 1. The molecular formula is C37H62N2O8. The van der Waals surface area contributed by atoms with Crippen LogP contribution >= 0.6 is 0 Å². The topological polar surface area (TPSA) is 132 Å². The van der Waals surface area contributed by atoms with Gasteiger partial charge in [0.2, 0.25) is 0 Å². The van der Waals surface area contributed by atoms with Gasteiger partial charge in [0.05, 0.1) is 36.4 Å². The number of likely N-dealkylation sites (N-methyl/N-ethyl adjacent to an activating group) is 1. The average Bonchev–Trinajstić information content (AvgIpc) is 3.79. The Morgan fingerprint density at radius 2 is 1.91 bits per heavy atom. The maximum Gasteiger partial charge on any atom is 0.410 e. The highest BCUT2D eigenvalue weighted by Crippen LogP contribution is 2.37. The van der Waals surface area contributed by atoms with Crippen LogP contribution in [0.25, 0.3) is 0 Å². The van der Waals surface area contributed by atoms with Gasteiger partial charge in [-0.2, -0.15) is 0 Å². The Hall–Kier alpha value is -2.24. The van der Waals surface area contributed by atoms with Crippen molar-refractivity contribution in [2.24, 2.45) is 17.8 Å². The molecule has 3 aliphatic heterocycles. The summed E-state index contributed by atoms with van der Waals surface area (Å²) >= 11 is 0. The van der Waals surface area contributed by atoms with Gasteiger partial charge in [-0.05, 0) is 76.6 Å². The van der Waals surface area contributed by atoms with Crippen LogP contribution in [-0.2, 0) is 19.0 Å². The number of carbonyl (C=O) groups is 2. The Balaban J connectivity index is 1.67. The Morgan fingerprint density at radius 1 is 1.21 bits per heavy atom. The fourth-order valence-corrected chi connectivity index (χ4v) is 6.57. The second-order valence-corrected chi connectivity index (χ2v) is 14.5. The summed E-state index contributed by atoms with van der Waals surface area (Å²) in [6, 6.07) is 0. The standard InChI is InChI=1S/C37H62N2O8/c1-8-30(41)28(5)35-32(45-35)24-37(6,44)18-12-13-26(3)34-27(4)15-17-31(25(2)14-16-29(40)23-33(42)47-34)46-36(43)38(7)21-22-39-19-10-9-11-20-39/h12-13,15,17-18,25,27-32,34-35,40-41,44H,8-11,14,16,19-24H2,1-7H3/b17-15+,18-12+,26-13+. The van der Waals surface area contributed by atoms with Crippen molar-refractivity contribution >= 4 is 12.1 Å². The van der Waals surface area contributed by atoms with Gasteiger partial charge in [0.1, 0.15) is 12.2 Å². The van der Waals surface area contributed by atoms with Crippen LogP contribution in [0.4, 0.5) is 4.79 Å². The molecule has 0 spiro atoms. The molecule has 10 heteroatoms. The van der Waals surface area contributed by atoms with E-state index in [1.807, 2.05) is 52.8 Å². The first kappa shape index (κ1) is 39.2. The van der Waals surface area contributed by atoms with Crippen LogP contribution in [0.2, 0.25) is 0 Å². The van der Waals surface area contributed by atoms with Crippen LogP contribution in [0.5, 0.6) is 0 Å². The van der Waals surface area contributed by atoms with Gasteiger partial charge in [0, 0.05) is 38.4 Å². The third-order valence-electron chi connectivity index (χ3n) is 10.1. The first-order valence-electron chi connectivity index (χ1n) is 17.8. The van der Waals surface area contributed by atoms with Gasteiger partial charge in [-0.3, -0.25) is 4.79 Å². The fourth-order valence-electron chi connectivity index (χ4n) is 6.57. The fraction of sp³-hybridized carbons (Fsp3) is 0.784. The van der Waals surface area contributed by atoms with E-state index in [4.69, 9.17) is 14.2 Å². The van der Waals surface area contributed by atoms with E-state index in [2.05, 4.69) is 4.90 Å². The number of aliphatic hydroxyl groups excluding tert-OH is 2. The minimum Gasteiger partial charge on any atom is -0.457 e. The lowest BCUT2D eigenvalue weighted by atomic mass is 9.91. The molecule has 10 nitrogen and oxygen atoms in total. The first-order valence-corrected chi connectivity index (χ1v) is 17.8. The molecule has 0 radical (unpaired) electrons. The molecule has 10 unspecified atom stereocenters. The predicted molar refractivity (Wildman–Crippen MR) is 183 cm³/mol. The van der Waals surface area contributed by atoms with Crippen molar-refractivity contribution in [1.29, 1.82) is 0 Å². The molecule has 0 aliphatic carbocycles. The third-order valence-corrected chi connectivity index (χ3v) is 10.1. The lowest BCUT2D eigenvalue weighted by Crippen LogP contribution is -2.40. The third kappa shape index (κ3) is 13.0. The number of ether oxygens (including phenoxy) is 3. The van der Waals surface area contributed by atoms with Gasteiger partial charge in [0.25, 0.3) is 0 Å². The number of esters is 1. The summed E-state index contributed by atoms with van der Waals surface area (Å²) in [6.07, 6.45) is 11.7. The van der Waals surface area contributed by atoms with Crippen molar-refractivity contribution < 1.29 is 39.1 Å². The van der Waals surface area contributed by atoms with Crippen molar-refractivity contribution in [1.82, 2.24) is 9.80 Å². The van der Waals surface area contributed by atoms with Gasteiger partial charge >= 0.3 is 12.1 Å². The maximum atomic E-state index is 13.1. The second-order valence-electron chi connectivity index (χ2n) is 14.5. The monoisotopic (exact) mass is 662 g/mol. The summed E-state index contributed by atoms with van der Waals surface area (Å²) in [5.74, 6) is -0.782.